The van der Waals surface area contributed by atoms with Crippen molar-refractivity contribution in [2.45, 2.75) is 13.3 Å². The summed E-state index contributed by atoms with van der Waals surface area (Å²) in [5.41, 5.74) is 3.92. The van der Waals surface area contributed by atoms with Gasteiger partial charge in [-0.2, -0.15) is 0 Å². The molecule has 0 aliphatic rings. The van der Waals surface area contributed by atoms with Gasteiger partial charge in [0.05, 0.1) is 0 Å². The van der Waals surface area contributed by atoms with Crippen LogP contribution in [-0.2, 0) is 6.42 Å². The Hall–Kier alpha value is -1.53. The number of hydrogen-bond donors (Lipinski definition) is 2. The van der Waals surface area contributed by atoms with Gasteiger partial charge in [0.2, 0.25) is 0 Å². The SMILES string of the molecule is CCc1cc(NN)nc(-c2cc(F)ccc2Br)n1. The smallest absolute Gasteiger partial charge is 0.163 e. The van der Waals surface area contributed by atoms with E-state index in [0.29, 0.717) is 17.2 Å². The van der Waals surface area contributed by atoms with Gasteiger partial charge < -0.3 is 5.43 Å². The summed E-state index contributed by atoms with van der Waals surface area (Å²) in [6.45, 7) is 1.98. The van der Waals surface area contributed by atoms with Gasteiger partial charge in [-0.05, 0) is 24.6 Å². The normalized spacial score (nSPS) is 10.4. The van der Waals surface area contributed by atoms with Crippen LogP contribution in [-0.4, -0.2) is 9.97 Å². The maximum Gasteiger partial charge on any atom is 0.163 e. The van der Waals surface area contributed by atoms with Crippen molar-refractivity contribution in [1.82, 2.24) is 9.97 Å². The molecule has 1 heterocycles. The Kier molecular flexibility index (Phi) is 3.88. The predicted octanol–water partition coefficient (Wildman–Crippen LogP) is 2.89. The van der Waals surface area contributed by atoms with Crippen LogP contribution in [0.3, 0.4) is 0 Å². The number of nitrogens with one attached hydrogen (secondary N) is 1. The molecule has 0 spiro atoms. The monoisotopic (exact) mass is 310 g/mol. The molecule has 3 N–H and O–H groups in total. The van der Waals surface area contributed by atoms with Crippen LogP contribution in [0.4, 0.5) is 10.2 Å². The first kappa shape index (κ1) is 12.9. The molecular formula is C12H12BrFN4. The molecule has 0 fully saturated rings. The van der Waals surface area contributed by atoms with Crippen molar-refractivity contribution >= 4 is 21.7 Å². The zero-order chi connectivity index (χ0) is 13.1. The average Bonchev–Trinajstić information content (AvgIpc) is 2.40. The fourth-order valence-electron chi connectivity index (χ4n) is 1.54. The molecule has 0 atom stereocenters. The Bertz CT molecular complexity index is 552. The van der Waals surface area contributed by atoms with Gasteiger partial charge in [-0.1, -0.05) is 22.9 Å². The van der Waals surface area contributed by atoms with E-state index in [9.17, 15) is 4.39 Å². The summed E-state index contributed by atoms with van der Waals surface area (Å²) in [4.78, 5) is 8.60. The Morgan fingerprint density at radius 2 is 2.11 bits per heavy atom. The van der Waals surface area contributed by atoms with Gasteiger partial charge in [-0.15, -0.1) is 0 Å². The highest BCUT2D eigenvalue weighted by Crippen LogP contribution is 2.27. The van der Waals surface area contributed by atoms with Crippen LogP contribution in [0.15, 0.2) is 28.7 Å². The maximum atomic E-state index is 13.3. The van der Waals surface area contributed by atoms with E-state index in [1.165, 1.54) is 12.1 Å². The third-order valence-corrected chi connectivity index (χ3v) is 3.15. The number of aryl methyl sites for hydroxylation is 1. The topological polar surface area (TPSA) is 63.8 Å². The highest BCUT2D eigenvalue weighted by molar-refractivity contribution is 9.10. The lowest BCUT2D eigenvalue weighted by atomic mass is 10.2. The molecule has 0 bridgehead atoms. The zero-order valence-corrected chi connectivity index (χ0v) is 11.3. The largest absolute Gasteiger partial charge is 0.308 e. The fraction of sp³-hybridized carbons (Fsp3) is 0.167. The molecule has 1 aromatic carbocycles. The van der Waals surface area contributed by atoms with E-state index >= 15 is 0 Å². The van der Waals surface area contributed by atoms with Crippen molar-refractivity contribution in [3.8, 4) is 11.4 Å². The minimum Gasteiger partial charge on any atom is -0.308 e. The van der Waals surface area contributed by atoms with E-state index < -0.39 is 0 Å². The van der Waals surface area contributed by atoms with Gasteiger partial charge in [0.15, 0.2) is 5.82 Å². The van der Waals surface area contributed by atoms with Crippen molar-refractivity contribution in [3.63, 3.8) is 0 Å². The van der Waals surface area contributed by atoms with Gasteiger partial charge in [0.1, 0.15) is 11.6 Å². The summed E-state index contributed by atoms with van der Waals surface area (Å²) >= 11 is 3.36. The molecular weight excluding hydrogens is 299 g/mol. The molecule has 1 aromatic heterocycles. The predicted molar refractivity (Wildman–Crippen MR) is 72.3 cm³/mol. The van der Waals surface area contributed by atoms with Gasteiger partial charge in [-0.3, -0.25) is 0 Å². The summed E-state index contributed by atoms with van der Waals surface area (Å²) in [6, 6.07) is 6.15. The minimum atomic E-state index is -0.332. The van der Waals surface area contributed by atoms with E-state index in [1.807, 2.05) is 6.92 Å². The summed E-state index contributed by atoms with van der Waals surface area (Å²) in [5, 5.41) is 0. The first-order valence-electron chi connectivity index (χ1n) is 5.44. The Labute approximate surface area is 113 Å². The lowest BCUT2D eigenvalue weighted by Crippen LogP contribution is -2.10. The number of anilines is 1. The van der Waals surface area contributed by atoms with E-state index in [1.54, 1.807) is 12.1 Å². The lowest BCUT2D eigenvalue weighted by molar-refractivity contribution is 0.628. The standard InChI is InChI=1S/C12H12BrFN4/c1-2-8-6-11(18-15)17-12(16-8)9-5-7(14)3-4-10(9)13/h3-6H,2,15H2,1H3,(H,16,17,18). The second-order valence-corrected chi connectivity index (χ2v) is 4.54. The van der Waals surface area contributed by atoms with Crippen LogP contribution in [0, 0.1) is 5.82 Å². The quantitative estimate of drug-likeness (QED) is 0.676. The van der Waals surface area contributed by atoms with Crippen LogP contribution in [0.5, 0.6) is 0 Å². The molecule has 0 aliphatic carbocycles. The van der Waals surface area contributed by atoms with E-state index in [0.717, 1.165) is 16.6 Å². The van der Waals surface area contributed by atoms with Crippen LogP contribution in [0.2, 0.25) is 0 Å². The average molecular weight is 311 g/mol. The van der Waals surface area contributed by atoms with Crippen molar-refractivity contribution < 1.29 is 4.39 Å². The van der Waals surface area contributed by atoms with Crippen LogP contribution in [0.1, 0.15) is 12.6 Å². The fourth-order valence-corrected chi connectivity index (χ4v) is 1.97. The number of hydrazine groups is 1. The molecule has 0 amide bonds. The van der Waals surface area contributed by atoms with Crippen molar-refractivity contribution in [3.05, 3.63) is 40.2 Å². The second-order valence-electron chi connectivity index (χ2n) is 3.69. The molecule has 6 heteroatoms. The summed E-state index contributed by atoms with van der Waals surface area (Å²) in [6.07, 6.45) is 0.747. The van der Waals surface area contributed by atoms with Crippen LogP contribution < -0.4 is 11.3 Å². The van der Waals surface area contributed by atoms with E-state index in [2.05, 4.69) is 31.3 Å². The molecule has 2 aromatic rings. The number of halogens is 2. The van der Waals surface area contributed by atoms with Crippen molar-refractivity contribution in [1.29, 1.82) is 0 Å². The minimum absolute atomic E-state index is 0.332. The number of aromatic nitrogens is 2. The first-order chi connectivity index (χ1) is 8.63. The molecule has 18 heavy (non-hydrogen) atoms. The van der Waals surface area contributed by atoms with Crippen molar-refractivity contribution in [2.24, 2.45) is 5.84 Å². The molecule has 0 saturated carbocycles. The number of benzene rings is 1. The molecule has 4 nitrogen and oxygen atoms in total. The van der Waals surface area contributed by atoms with E-state index in [4.69, 9.17) is 5.84 Å². The first-order valence-corrected chi connectivity index (χ1v) is 6.23. The molecule has 0 saturated heterocycles. The van der Waals surface area contributed by atoms with Gasteiger partial charge >= 0.3 is 0 Å². The third-order valence-electron chi connectivity index (χ3n) is 2.46. The molecule has 0 radical (unpaired) electrons. The number of nitrogens with two attached hydrogens (primary N) is 1. The third kappa shape index (κ3) is 2.65. The van der Waals surface area contributed by atoms with Gasteiger partial charge in [0.25, 0.3) is 0 Å². The van der Waals surface area contributed by atoms with E-state index in [-0.39, 0.29) is 5.82 Å². The van der Waals surface area contributed by atoms with Gasteiger partial charge in [0, 0.05) is 21.8 Å². The Morgan fingerprint density at radius 1 is 1.33 bits per heavy atom. The number of rotatable bonds is 3. The Morgan fingerprint density at radius 3 is 2.78 bits per heavy atom. The zero-order valence-electron chi connectivity index (χ0n) is 9.74. The summed E-state index contributed by atoms with van der Waals surface area (Å²) in [5.74, 6) is 5.98. The highest BCUT2D eigenvalue weighted by atomic mass is 79.9. The number of hydrogen-bond acceptors (Lipinski definition) is 4. The van der Waals surface area contributed by atoms with Crippen molar-refractivity contribution in [2.75, 3.05) is 5.43 Å². The summed E-state index contributed by atoms with van der Waals surface area (Å²) < 4.78 is 14.0. The number of nitrogen functional groups attached to an aromatic ring is 1. The Balaban J connectivity index is 2.58. The molecule has 0 aliphatic heterocycles. The maximum absolute atomic E-state index is 13.3. The number of nitrogens with zero attached hydrogens (tertiary/aromatic N) is 2. The summed E-state index contributed by atoms with van der Waals surface area (Å²) in [7, 11) is 0. The lowest BCUT2D eigenvalue weighted by Gasteiger charge is -2.08. The molecule has 94 valence electrons. The van der Waals surface area contributed by atoms with Crippen LogP contribution >= 0.6 is 15.9 Å². The molecule has 0 unspecified atom stereocenters. The van der Waals surface area contributed by atoms with Gasteiger partial charge in [-0.25, -0.2) is 20.2 Å². The highest BCUT2D eigenvalue weighted by Gasteiger charge is 2.10. The second kappa shape index (κ2) is 5.41. The molecule has 2 rings (SSSR count). The van der Waals surface area contributed by atoms with Crippen LogP contribution in [0.25, 0.3) is 11.4 Å².